The van der Waals surface area contributed by atoms with Gasteiger partial charge in [0.25, 0.3) is 0 Å². The Labute approximate surface area is 101 Å². The fourth-order valence-electron chi connectivity index (χ4n) is 2.18. The molecule has 0 spiro atoms. The van der Waals surface area contributed by atoms with E-state index in [1.807, 2.05) is 19.1 Å². The molecule has 4 heteroatoms. The maximum atomic E-state index is 9.87. The summed E-state index contributed by atoms with van der Waals surface area (Å²) in [5.74, 6) is 0.209. The molecule has 17 heavy (non-hydrogen) atoms. The molecule has 1 aliphatic heterocycles. The van der Waals surface area contributed by atoms with E-state index in [0.29, 0.717) is 0 Å². The highest BCUT2D eigenvalue weighted by Gasteiger charge is 2.24. The third-order valence-electron chi connectivity index (χ3n) is 3.12. The second-order valence-corrected chi connectivity index (χ2v) is 4.38. The minimum absolute atomic E-state index is 0.209. The van der Waals surface area contributed by atoms with E-state index < -0.39 is 0 Å². The molecule has 0 saturated carbocycles. The third-order valence-corrected chi connectivity index (χ3v) is 3.12. The van der Waals surface area contributed by atoms with Gasteiger partial charge in [-0.1, -0.05) is 11.6 Å². The Hall–Kier alpha value is -1.57. The molecular formula is C13H17N3O. The van der Waals surface area contributed by atoms with Crippen molar-refractivity contribution in [1.29, 1.82) is 5.26 Å². The standard InChI is InChI=1S/C13H17N3O/c1-10-2-3-13(17)11(8-10)12(9-14)16-6-4-15-5-7-16/h2-3,8,12,15,17H,4-7H2,1H3. The Morgan fingerprint density at radius 2 is 2.12 bits per heavy atom. The summed E-state index contributed by atoms with van der Waals surface area (Å²) in [5, 5.41) is 22.5. The summed E-state index contributed by atoms with van der Waals surface area (Å²) in [4.78, 5) is 2.10. The van der Waals surface area contributed by atoms with Crippen molar-refractivity contribution >= 4 is 0 Å². The molecule has 4 nitrogen and oxygen atoms in total. The fraction of sp³-hybridized carbons (Fsp3) is 0.462. The third kappa shape index (κ3) is 2.57. The van der Waals surface area contributed by atoms with Gasteiger partial charge in [-0.25, -0.2) is 0 Å². The van der Waals surface area contributed by atoms with E-state index in [0.717, 1.165) is 37.3 Å². The van der Waals surface area contributed by atoms with Crippen LogP contribution >= 0.6 is 0 Å². The van der Waals surface area contributed by atoms with Crippen molar-refractivity contribution in [3.8, 4) is 11.8 Å². The second kappa shape index (κ2) is 5.17. The smallest absolute Gasteiger partial charge is 0.127 e. The first-order valence-electron chi connectivity index (χ1n) is 5.86. The molecule has 1 unspecified atom stereocenters. The van der Waals surface area contributed by atoms with Crippen molar-refractivity contribution in [2.75, 3.05) is 26.2 Å². The highest BCUT2D eigenvalue weighted by Crippen LogP contribution is 2.29. The van der Waals surface area contributed by atoms with Crippen molar-refractivity contribution in [2.24, 2.45) is 0 Å². The number of aromatic hydroxyl groups is 1. The van der Waals surface area contributed by atoms with Gasteiger partial charge in [0.2, 0.25) is 0 Å². The van der Waals surface area contributed by atoms with Gasteiger partial charge < -0.3 is 10.4 Å². The number of rotatable bonds is 2. The highest BCUT2D eigenvalue weighted by molar-refractivity contribution is 5.40. The molecule has 0 amide bonds. The molecule has 0 bridgehead atoms. The lowest BCUT2D eigenvalue weighted by atomic mass is 10.0. The first-order chi connectivity index (χ1) is 8.22. The molecule has 0 aliphatic carbocycles. The zero-order valence-electron chi connectivity index (χ0n) is 9.98. The molecule has 1 fully saturated rings. The summed E-state index contributed by atoms with van der Waals surface area (Å²) >= 11 is 0. The number of hydrogen-bond acceptors (Lipinski definition) is 4. The van der Waals surface area contributed by atoms with Crippen LogP contribution in [0.15, 0.2) is 18.2 Å². The molecule has 1 aliphatic rings. The highest BCUT2D eigenvalue weighted by atomic mass is 16.3. The average Bonchev–Trinajstić information content (AvgIpc) is 2.36. The van der Waals surface area contributed by atoms with Gasteiger partial charge in [-0.3, -0.25) is 4.90 Å². The van der Waals surface area contributed by atoms with E-state index in [4.69, 9.17) is 0 Å². The molecule has 0 radical (unpaired) electrons. The molecule has 1 saturated heterocycles. The molecule has 2 N–H and O–H groups in total. The molecule has 2 rings (SSSR count). The number of nitriles is 1. The first-order valence-corrected chi connectivity index (χ1v) is 5.86. The minimum Gasteiger partial charge on any atom is -0.508 e. The van der Waals surface area contributed by atoms with Crippen LogP contribution in [-0.2, 0) is 0 Å². The average molecular weight is 231 g/mol. The van der Waals surface area contributed by atoms with Crippen LogP contribution in [0.1, 0.15) is 17.2 Å². The van der Waals surface area contributed by atoms with Crippen LogP contribution in [0.25, 0.3) is 0 Å². The van der Waals surface area contributed by atoms with Crippen LogP contribution in [0, 0.1) is 18.3 Å². The number of phenolic OH excluding ortho intramolecular Hbond substituents is 1. The van der Waals surface area contributed by atoms with Crippen molar-refractivity contribution < 1.29 is 5.11 Å². The molecule has 90 valence electrons. The predicted molar refractivity (Wildman–Crippen MR) is 65.6 cm³/mol. The molecule has 0 aromatic heterocycles. The van der Waals surface area contributed by atoms with Crippen molar-refractivity contribution in [1.82, 2.24) is 10.2 Å². The van der Waals surface area contributed by atoms with Gasteiger partial charge in [0, 0.05) is 31.7 Å². The van der Waals surface area contributed by atoms with Gasteiger partial charge >= 0.3 is 0 Å². The Morgan fingerprint density at radius 1 is 1.41 bits per heavy atom. The summed E-state index contributed by atoms with van der Waals surface area (Å²) in [6, 6.07) is 7.35. The lowest BCUT2D eigenvalue weighted by Crippen LogP contribution is -2.44. The lowest BCUT2D eigenvalue weighted by Gasteiger charge is -2.31. The van der Waals surface area contributed by atoms with E-state index in [1.54, 1.807) is 6.07 Å². The van der Waals surface area contributed by atoms with Crippen molar-refractivity contribution in [3.05, 3.63) is 29.3 Å². The van der Waals surface area contributed by atoms with Gasteiger partial charge in [0.05, 0.1) is 6.07 Å². The van der Waals surface area contributed by atoms with E-state index in [9.17, 15) is 10.4 Å². The number of aryl methyl sites for hydroxylation is 1. The predicted octanol–water partition coefficient (Wildman–Crippen LogP) is 1.17. The van der Waals surface area contributed by atoms with Crippen LogP contribution in [-0.4, -0.2) is 36.2 Å². The SMILES string of the molecule is Cc1ccc(O)c(C(C#N)N2CCNCC2)c1. The number of nitrogens with zero attached hydrogens (tertiary/aromatic N) is 2. The van der Waals surface area contributed by atoms with Crippen LogP contribution in [0.3, 0.4) is 0 Å². The molecule has 1 aromatic carbocycles. The number of phenols is 1. The van der Waals surface area contributed by atoms with Crippen LogP contribution < -0.4 is 5.32 Å². The maximum absolute atomic E-state index is 9.87. The second-order valence-electron chi connectivity index (χ2n) is 4.38. The van der Waals surface area contributed by atoms with Crippen LogP contribution in [0.2, 0.25) is 0 Å². The summed E-state index contributed by atoms with van der Waals surface area (Å²) in [5.41, 5.74) is 1.78. The van der Waals surface area contributed by atoms with Crippen molar-refractivity contribution in [2.45, 2.75) is 13.0 Å². The summed E-state index contributed by atoms with van der Waals surface area (Å²) in [7, 11) is 0. The van der Waals surface area contributed by atoms with Gasteiger partial charge in [0.1, 0.15) is 11.8 Å². The Morgan fingerprint density at radius 3 is 2.76 bits per heavy atom. The lowest BCUT2D eigenvalue weighted by molar-refractivity contribution is 0.205. The number of hydrogen-bond donors (Lipinski definition) is 2. The van der Waals surface area contributed by atoms with Crippen molar-refractivity contribution in [3.63, 3.8) is 0 Å². The fourth-order valence-corrected chi connectivity index (χ4v) is 2.18. The zero-order chi connectivity index (χ0) is 12.3. The van der Waals surface area contributed by atoms with E-state index in [1.165, 1.54) is 0 Å². The molecule has 1 aromatic rings. The summed E-state index contributed by atoms with van der Waals surface area (Å²) in [6.45, 7) is 5.43. The monoisotopic (exact) mass is 231 g/mol. The van der Waals surface area contributed by atoms with Gasteiger partial charge in [-0.2, -0.15) is 5.26 Å². The summed E-state index contributed by atoms with van der Waals surface area (Å²) in [6.07, 6.45) is 0. The van der Waals surface area contributed by atoms with E-state index in [-0.39, 0.29) is 11.8 Å². The summed E-state index contributed by atoms with van der Waals surface area (Å²) < 4.78 is 0. The topological polar surface area (TPSA) is 59.3 Å². The van der Waals surface area contributed by atoms with Gasteiger partial charge in [-0.05, 0) is 19.1 Å². The van der Waals surface area contributed by atoms with Gasteiger partial charge in [-0.15, -0.1) is 0 Å². The zero-order valence-corrected chi connectivity index (χ0v) is 9.98. The van der Waals surface area contributed by atoms with E-state index >= 15 is 0 Å². The number of piperazine rings is 1. The Bertz CT molecular complexity index is 433. The quantitative estimate of drug-likeness (QED) is 0.802. The molecular weight excluding hydrogens is 214 g/mol. The van der Waals surface area contributed by atoms with Crippen LogP contribution in [0.4, 0.5) is 0 Å². The Balaban J connectivity index is 2.28. The van der Waals surface area contributed by atoms with Crippen LogP contribution in [0.5, 0.6) is 5.75 Å². The Kier molecular flexibility index (Phi) is 3.62. The normalized spacial score (nSPS) is 18.6. The first kappa shape index (κ1) is 11.9. The molecule has 1 atom stereocenters. The number of benzene rings is 1. The van der Waals surface area contributed by atoms with E-state index in [2.05, 4.69) is 16.3 Å². The largest absolute Gasteiger partial charge is 0.508 e. The molecule has 1 heterocycles. The van der Waals surface area contributed by atoms with Gasteiger partial charge in [0.15, 0.2) is 0 Å². The maximum Gasteiger partial charge on any atom is 0.127 e. The minimum atomic E-state index is -0.350. The number of nitrogens with one attached hydrogen (secondary N) is 1.